The van der Waals surface area contributed by atoms with E-state index in [0.717, 1.165) is 43.4 Å². The van der Waals surface area contributed by atoms with Crippen LogP contribution in [0.15, 0.2) is 23.8 Å². The van der Waals surface area contributed by atoms with Crippen molar-refractivity contribution >= 4 is 0 Å². The lowest BCUT2D eigenvalue weighted by Crippen LogP contribution is -2.53. The summed E-state index contributed by atoms with van der Waals surface area (Å²) in [5, 5.41) is 11.6. The normalized spacial score (nSPS) is 45.0. The molecule has 4 aliphatic carbocycles. The maximum atomic E-state index is 11.6. The van der Waals surface area contributed by atoms with Crippen LogP contribution < -0.4 is 0 Å². The first-order valence-corrected chi connectivity index (χ1v) is 12.7. The molecule has 170 valence electrons. The van der Waals surface area contributed by atoms with E-state index in [1.54, 1.807) is 5.57 Å². The van der Waals surface area contributed by atoms with Gasteiger partial charge in [-0.15, -0.1) is 6.58 Å². The molecule has 3 unspecified atom stereocenters. The lowest BCUT2D eigenvalue weighted by atomic mass is 9.46. The second kappa shape index (κ2) is 8.07. The van der Waals surface area contributed by atoms with Crippen molar-refractivity contribution in [3.05, 3.63) is 23.8 Å². The molecule has 3 saturated carbocycles. The van der Waals surface area contributed by atoms with Crippen LogP contribution in [-0.4, -0.2) is 23.9 Å². The Balaban J connectivity index is 1.52. The highest BCUT2D eigenvalue weighted by Gasteiger charge is 2.61. The van der Waals surface area contributed by atoms with E-state index in [2.05, 4.69) is 40.3 Å². The molecule has 0 aromatic heterocycles. The minimum Gasteiger partial charge on any atom is -0.390 e. The van der Waals surface area contributed by atoms with Gasteiger partial charge in [0.1, 0.15) is 0 Å². The van der Waals surface area contributed by atoms with E-state index in [0.29, 0.717) is 22.9 Å². The van der Waals surface area contributed by atoms with E-state index in [-0.39, 0.29) is 0 Å². The molecule has 4 rings (SSSR count). The first kappa shape index (κ1) is 22.6. The molecule has 0 heterocycles. The van der Waals surface area contributed by atoms with Gasteiger partial charge in [0.15, 0.2) is 0 Å². The van der Waals surface area contributed by atoms with Gasteiger partial charge in [0.05, 0.1) is 11.7 Å². The summed E-state index contributed by atoms with van der Waals surface area (Å²) in [5.41, 5.74) is 3.10. The number of allylic oxidation sites excluding steroid dienone is 2. The van der Waals surface area contributed by atoms with Crippen LogP contribution in [0.1, 0.15) is 98.3 Å². The van der Waals surface area contributed by atoms with Crippen molar-refractivity contribution in [1.29, 1.82) is 0 Å². The zero-order chi connectivity index (χ0) is 21.7. The van der Waals surface area contributed by atoms with Crippen molar-refractivity contribution in [1.82, 2.24) is 0 Å². The average Bonchev–Trinajstić information content (AvgIpc) is 3.05. The Morgan fingerprint density at radius 3 is 2.67 bits per heavy atom. The van der Waals surface area contributed by atoms with E-state index in [9.17, 15) is 5.11 Å². The molecule has 0 aromatic carbocycles. The fourth-order valence-corrected chi connectivity index (χ4v) is 8.77. The molecule has 4 aliphatic rings. The number of hydrogen-bond acceptors (Lipinski definition) is 2. The Hall–Kier alpha value is -0.600. The summed E-state index contributed by atoms with van der Waals surface area (Å²) in [5.74, 6) is 2.88. The molecular formula is C28H46O2. The summed E-state index contributed by atoms with van der Waals surface area (Å²) in [4.78, 5) is 0. The van der Waals surface area contributed by atoms with Gasteiger partial charge in [-0.3, -0.25) is 0 Å². The van der Waals surface area contributed by atoms with Crippen LogP contribution in [0.25, 0.3) is 0 Å². The Kier molecular flexibility index (Phi) is 6.08. The molecule has 30 heavy (non-hydrogen) atoms. The largest absolute Gasteiger partial charge is 0.390 e. The second-order valence-electron chi connectivity index (χ2n) is 12.2. The zero-order valence-electron chi connectivity index (χ0n) is 20.3. The topological polar surface area (TPSA) is 29.5 Å². The number of hydrogen-bond donors (Lipinski definition) is 1. The van der Waals surface area contributed by atoms with Crippen molar-refractivity contribution < 1.29 is 9.84 Å². The summed E-state index contributed by atoms with van der Waals surface area (Å²) in [6.07, 6.45) is 16.2. The predicted octanol–water partition coefficient (Wildman–Crippen LogP) is 7.08. The van der Waals surface area contributed by atoms with Gasteiger partial charge in [-0.25, -0.2) is 0 Å². The van der Waals surface area contributed by atoms with Crippen molar-refractivity contribution in [2.75, 3.05) is 7.11 Å². The van der Waals surface area contributed by atoms with Crippen molar-refractivity contribution in [2.24, 2.45) is 34.5 Å². The minimum atomic E-state index is -0.540. The van der Waals surface area contributed by atoms with Gasteiger partial charge in [0.25, 0.3) is 0 Å². The smallest absolute Gasteiger partial charge is 0.0653 e. The molecule has 0 aromatic rings. The van der Waals surface area contributed by atoms with Crippen LogP contribution in [0.4, 0.5) is 0 Å². The fraction of sp³-hybridized carbons (Fsp3) is 0.857. The summed E-state index contributed by atoms with van der Waals surface area (Å²) >= 11 is 0. The second-order valence-corrected chi connectivity index (χ2v) is 12.2. The number of methoxy groups -OCH3 is 1. The van der Waals surface area contributed by atoms with E-state index >= 15 is 0 Å². The van der Waals surface area contributed by atoms with Crippen LogP contribution in [0.5, 0.6) is 0 Å². The predicted molar refractivity (Wildman–Crippen MR) is 125 cm³/mol. The maximum Gasteiger partial charge on any atom is 0.0653 e. The third-order valence-corrected chi connectivity index (χ3v) is 10.4. The number of rotatable bonds is 6. The first-order valence-electron chi connectivity index (χ1n) is 12.7. The lowest BCUT2D eigenvalue weighted by Gasteiger charge is -2.59. The SMILES string of the molecule is C=C(C)CCC[C@](C)(O)C1CCC2[C@H]3CC=C4C[C@@H](OC)CC[C@]4(C)C3CC[C@@]21C. The number of aliphatic hydroxyl groups is 1. The van der Waals surface area contributed by atoms with Crippen LogP contribution >= 0.6 is 0 Å². The van der Waals surface area contributed by atoms with Gasteiger partial charge in [-0.1, -0.05) is 31.1 Å². The Bertz CT molecular complexity index is 691. The highest BCUT2D eigenvalue weighted by atomic mass is 16.5. The van der Waals surface area contributed by atoms with Gasteiger partial charge >= 0.3 is 0 Å². The molecule has 1 N–H and O–H groups in total. The summed E-state index contributed by atoms with van der Waals surface area (Å²) in [6.45, 7) is 13.4. The average molecular weight is 415 g/mol. The van der Waals surface area contributed by atoms with Crippen LogP contribution in [-0.2, 0) is 4.74 Å². The third kappa shape index (κ3) is 3.64. The van der Waals surface area contributed by atoms with Crippen molar-refractivity contribution in [2.45, 2.75) is 110 Å². The number of ether oxygens (including phenoxy) is 1. The molecule has 2 nitrogen and oxygen atoms in total. The highest BCUT2D eigenvalue weighted by Crippen LogP contribution is 2.67. The Morgan fingerprint density at radius 1 is 1.20 bits per heavy atom. The molecule has 2 heteroatoms. The van der Waals surface area contributed by atoms with E-state index < -0.39 is 5.60 Å². The molecule has 0 aliphatic heterocycles. The van der Waals surface area contributed by atoms with Crippen LogP contribution in [0, 0.1) is 34.5 Å². The van der Waals surface area contributed by atoms with E-state index in [4.69, 9.17) is 4.74 Å². The standard InChI is InChI=1S/C28H46O2/c1-19(2)8-7-15-28(5,29)25-12-11-23-22-10-9-20-18-21(30-6)13-16-26(20,3)24(22)14-17-27(23,25)4/h9,21-25,29H,1,7-8,10-18H2,2-6H3/t21-,22+,23?,24?,25?,26-,27-,28-/m0/s1. The quantitative estimate of drug-likeness (QED) is 0.471. The first-order chi connectivity index (χ1) is 14.1. The molecular weight excluding hydrogens is 368 g/mol. The molecule has 0 radical (unpaired) electrons. The van der Waals surface area contributed by atoms with Crippen LogP contribution in [0.2, 0.25) is 0 Å². The highest BCUT2D eigenvalue weighted by molar-refractivity contribution is 5.25. The van der Waals surface area contributed by atoms with Gasteiger partial charge in [-0.05, 0) is 119 Å². The van der Waals surface area contributed by atoms with Gasteiger partial charge in [0, 0.05) is 7.11 Å². The number of fused-ring (bicyclic) bond motifs is 5. The summed E-state index contributed by atoms with van der Waals surface area (Å²) in [6, 6.07) is 0. The molecule has 0 bridgehead atoms. The monoisotopic (exact) mass is 414 g/mol. The molecule has 0 amide bonds. The molecule has 0 saturated heterocycles. The zero-order valence-corrected chi connectivity index (χ0v) is 20.3. The Labute approximate surface area is 185 Å². The summed E-state index contributed by atoms with van der Waals surface area (Å²) in [7, 11) is 1.88. The third-order valence-electron chi connectivity index (χ3n) is 10.4. The fourth-order valence-electron chi connectivity index (χ4n) is 8.77. The molecule has 0 spiro atoms. The minimum absolute atomic E-state index is 0.305. The Morgan fingerprint density at radius 2 is 1.97 bits per heavy atom. The van der Waals surface area contributed by atoms with E-state index in [1.807, 2.05) is 7.11 Å². The molecule has 3 fully saturated rings. The van der Waals surface area contributed by atoms with E-state index in [1.165, 1.54) is 50.5 Å². The summed E-state index contributed by atoms with van der Waals surface area (Å²) < 4.78 is 5.73. The van der Waals surface area contributed by atoms with Gasteiger partial charge in [0.2, 0.25) is 0 Å². The lowest BCUT2D eigenvalue weighted by molar-refractivity contribution is -0.106. The maximum absolute atomic E-state index is 11.6. The van der Waals surface area contributed by atoms with Gasteiger partial charge in [-0.2, -0.15) is 0 Å². The van der Waals surface area contributed by atoms with Crippen LogP contribution in [0.3, 0.4) is 0 Å². The van der Waals surface area contributed by atoms with Crippen molar-refractivity contribution in [3.63, 3.8) is 0 Å². The van der Waals surface area contributed by atoms with Gasteiger partial charge < -0.3 is 9.84 Å². The van der Waals surface area contributed by atoms with Crippen molar-refractivity contribution in [3.8, 4) is 0 Å². The molecule has 8 atom stereocenters.